The molecule has 5 heteroatoms. The lowest BCUT2D eigenvalue weighted by Gasteiger charge is -2.21. The maximum absolute atomic E-state index is 5.40. The zero-order chi connectivity index (χ0) is 16.5. The monoisotopic (exact) mass is 320 g/mol. The molecule has 1 unspecified atom stereocenters. The molecule has 24 heavy (non-hydrogen) atoms. The predicted octanol–water partition coefficient (Wildman–Crippen LogP) is 3.24. The molecule has 4 rings (SSSR count). The molecule has 122 valence electrons. The lowest BCUT2D eigenvalue weighted by Crippen LogP contribution is -2.24. The van der Waals surface area contributed by atoms with E-state index in [0.29, 0.717) is 6.04 Å². The fraction of sp³-hybridized carbons (Fsp3) is 0.263. The van der Waals surface area contributed by atoms with Crippen molar-refractivity contribution >= 4 is 16.7 Å². The number of methoxy groups -OCH3 is 1. The van der Waals surface area contributed by atoms with Gasteiger partial charge >= 0.3 is 0 Å². The Labute approximate surface area is 141 Å². The minimum atomic E-state index is 0.344. The summed E-state index contributed by atoms with van der Waals surface area (Å²) in [5.74, 6) is 1.61. The van der Waals surface area contributed by atoms with Crippen LogP contribution in [0.3, 0.4) is 0 Å². The van der Waals surface area contributed by atoms with Crippen LogP contribution >= 0.6 is 0 Å². The third-order valence-corrected chi connectivity index (χ3v) is 4.68. The van der Waals surface area contributed by atoms with Crippen LogP contribution in [0, 0.1) is 0 Å². The Kier molecular flexibility index (Phi) is 3.78. The molecule has 1 aliphatic rings. The Hall–Kier alpha value is -2.66. The molecule has 0 spiro atoms. The number of aromatic nitrogens is 2. The first kappa shape index (κ1) is 14.9. The van der Waals surface area contributed by atoms with Crippen molar-refractivity contribution in [2.45, 2.75) is 12.6 Å². The molecule has 1 aliphatic heterocycles. The molecule has 3 aromatic rings. The van der Waals surface area contributed by atoms with Crippen LogP contribution in [-0.2, 0) is 6.54 Å². The summed E-state index contributed by atoms with van der Waals surface area (Å²) in [6, 6.07) is 14.9. The standard InChI is InChI=1S/C19H20N4O/c1-23-11-13-6-3-4-7-14(13)16(23)10-20-19-15-8-5-9-17(24-2)18(15)21-12-22-19/h3-9,12,16H,10-11H2,1-2H3,(H,20,21,22). The van der Waals surface area contributed by atoms with Gasteiger partial charge in [-0.1, -0.05) is 30.3 Å². The smallest absolute Gasteiger partial charge is 0.145 e. The molecule has 0 fully saturated rings. The summed E-state index contributed by atoms with van der Waals surface area (Å²) >= 11 is 0. The number of anilines is 1. The lowest BCUT2D eigenvalue weighted by molar-refractivity contribution is 0.279. The fourth-order valence-electron chi connectivity index (χ4n) is 3.44. The third kappa shape index (κ3) is 2.47. The average molecular weight is 320 g/mol. The molecule has 0 radical (unpaired) electrons. The minimum Gasteiger partial charge on any atom is -0.494 e. The highest BCUT2D eigenvalue weighted by Crippen LogP contribution is 2.33. The number of likely N-dealkylation sites (N-methyl/N-ethyl adjacent to an activating group) is 1. The van der Waals surface area contributed by atoms with Gasteiger partial charge in [0.25, 0.3) is 0 Å². The SMILES string of the molecule is COc1cccc2c(NCC3c4ccccc4CN3C)ncnc12. The second kappa shape index (κ2) is 6.09. The van der Waals surface area contributed by atoms with E-state index in [2.05, 4.69) is 51.5 Å². The van der Waals surface area contributed by atoms with Crippen molar-refractivity contribution in [3.63, 3.8) is 0 Å². The van der Waals surface area contributed by atoms with Crippen molar-refractivity contribution in [3.8, 4) is 5.75 Å². The largest absolute Gasteiger partial charge is 0.494 e. The van der Waals surface area contributed by atoms with E-state index in [1.54, 1.807) is 13.4 Å². The van der Waals surface area contributed by atoms with E-state index < -0.39 is 0 Å². The molecule has 2 heterocycles. The van der Waals surface area contributed by atoms with Crippen molar-refractivity contribution in [1.82, 2.24) is 14.9 Å². The van der Waals surface area contributed by atoms with Crippen molar-refractivity contribution in [3.05, 3.63) is 59.9 Å². The second-order valence-electron chi connectivity index (χ2n) is 6.09. The highest BCUT2D eigenvalue weighted by Gasteiger charge is 2.26. The highest BCUT2D eigenvalue weighted by atomic mass is 16.5. The number of fused-ring (bicyclic) bond motifs is 2. The predicted molar refractivity (Wildman–Crippen MR) is 95.2 cm³/mol. The molecule has 0 aliphatic carbocycles. The van der Waals surface area contributed by atoms with Gasteiger partial charge in [-0.05, 0) is 30.3 Å². The number of nitrogens with one attached hydrogen (secondary N) is 1. The van der Waals surface area contributed by atoms with E-state index >= 15 is 0 Å². The fourth-order valence-corrected chi connectivity index (χ4v) is 3.44. The van der Waals surface area contributed by atoms with Crippen molar-refractivity contribution in [2.75, 3.05) is 26.0 Å². The molecule has 5 nitrogen and oxygen atoms in total. The summed E-state index contributed by atoms with van der Waals surface area (Å²) in [7, 11) is 3.82. The number of ether oxygens (including phenoxy) is 1. The van der Waals surface area contributed by atoms with Crippen LogP contribution in [0.4, 0.5) is 5.82 Å². The first-order chi connectivity index (χ1) is 11.8. The quantitative estimate of drug-likeness (QED) is 0.800. The summed E-state index contributed by atoms with van der Waals surface area (Å²) in [4.78, 5) is 11.1. The normalized spacial score (nSPS) is 17.0. The summed E-state index contributed by atoms with van der Waals surface area (Å²) < 4.78 is 5.40. The number of hydrogen-bond acceptors (Lipinski definition) is 5. The minimum absolute atomic E-state index is 0.344. The van der Waals surface area contributed by atoms with Crippen LogP contribution in [-0.4, -0.2) is 35.6 Å². The van der Waals surface area contributed by atoms with Crippen molar-refractivity contribution in [1.29, 1.82) is 0 Å². The van der Waals surface area contributed by atoms with Gasteiger partial charge in [0.2, 0.25) is 0 Å². The number of nitrogens with zero attached hydrogens (tertiary/aromatic N) is 3. The average Bonchev–Trinajstić information content (AvgIpc) is 2.94. The summed E-state index contributed by atoms with van der Waals surface area (Å²) in [6.07, 6.45) is 1.58. The maximum atomic E-state index is 5.40. The molecular weight excluding hydrogens is 300 g/mol. The number of rotatable bonds is 4. The van der Waals surface area contributed by atoms with E-state index in [-0.39, 0.29) is 0 Å². The Morgan fingerprint density at radius 3 is 2.92 bits per heavy atom. The molecular formula is C19H20N4O. The first-order valence-corrected chi connectivity index (χ1v) is 8.07. The molecule has 1 N–H and O–H groups in total. The zero-order valence-electron chi connectivity index (χ0n) is 13.9. The van der Waals surface area contributed by atoms with Gasteiger partial charge in [0.15, 0.2) is 0 Å². The van der Waals surface area contributed by atoms with Crippen LogP contribution in [0.25, 0.3) is 10.9 Å². The summed E-state index contributed by atoms with van der Waals surface area (Å²) in [5, 5.41) is 4.48. The Morgan fingerprint density at radius 2 is 2.04 bits per heavy atom. The molecule has 0 saturated heterocycles. The van der Waals surface area contributed by atoms with Crippen molar-refractivity contribution < 1.29 is 4.74 Å². The van der Waals surface area contributed by atoms with E-state index in [4.69, 9.17) is 4.74 Å². The molecule has 0 bridgehead atoms. The molecule has 1 atom stereocenters. The number of para-hydroxylation sites is 1. The Morgan fingerprint density at radius 1 is 1.17 bits per heavy atom. The Balaban J connectivity index is 1.62. The molecule has 2 aromatic carbocycles. The van der Waals surface area contributed by atoms with Gasteiger partial charge in [-0.2, -0.15) is 0 Å². The summed E-state index contributed by atoms with van der Waals surface area (Å²) in [5.41, 5.74) is 3.63. The third-order valence-electron chi connectivity index (χ3n) is 4.68. The van der Waals surface area contributed by atoms with Gasteiger partial charge in [0, 0.05) is 18.5 Å². The van der Waals surface area contributed by atoms with E-state index in [9.17, 15) is 0 Å². The van der Waals surface area contributed by atoms with Crippen LogP contribution in [0.1, 0.15) is 17.2 Å². The van der Waals surface area contributed by atoms with Crippen LogP contribution in [0.15, 0.2) is 48.8 Å². The van der Waals surface area contributed by atoms with Crippen molar-refractivity contribution in [2.24, 2.45) is 0 Å². The van der Waals surface area contributed by atoms with Gasteiger partial charge in [-0.15, -0.1) is 0 Å². The van der Waals surface area contributed by atoms with Gasteiger partial charge in [0.1, 0.15) is 23.4 Å². The van der Waals surface area contributed by atoms with Gasteiger partial charge in [-0.3, -0.25) is 4.90 Å². The van der Waals surface area contributed by atoms with E-state index in [0.717, 1.165) is 35.6 Å². The van der Waals surface area contributed by atoms with Gasteiger partial charge in [0.05, 0.1) is 13.2 Å². The molecule has 1 aromatic heterocycles. The Bertz CT molecular complexity index is 880. The first-order valence-electron chi connectivity index (χ1n) is 8.07. The van der Waals surface area contributed by atoms with Crippen LogP contribution < -0.4 is 10.1 Å². The topological polar surface area (TPSA) is 50.3 Å². The lowest BCUT2D eigenvalue weighted by atomic mass is 10.1. The highest BCUT2D eigenvalue weighted by molar-refractivity contribution is 5.92. The number of hydrogen-bond donors (Lipinski definition) is 1. The summed E-state index contributed by atoms with van der Waals surface area (Å²) in [6.45, 7) is 1.79. The second-order valence-corrected chi connectivity index (χ2v) is 6.09. The van der Waals surface area contributed by atoms with Gasteiger partial charge < -0.3 is 10.1 Å². The van der Waals surface area contributed by atoms with Gasteiger partial charge in [-0.25, -0.2) is 9.97 Å². The van der Waals surface area contributed by atoms with E-state index in [1.165, 1.54) is 11.1 Å². The zero-order valence-corrected chi connectivity index (χ0v) is 13.9. The maximum Gasteiger partial charge on any atom is 0.145 e. The molecule has 0 amide bonds. The number of benzene rings is 2. The van der Waals surface area contributed by atoms with Crippen LogP contribution in [0.2, 0.25) is 0 Å². The van der Waals surface area contributed by atoms with Crippen LogP contribution in [0.5, 0.6) is 5.75 Å². The van der Waals surface area contributed by atoms with E-state index in [1.807, 2.05) is 18.2 Å². The molecule has 0 saturated carbocycles.